The van der Waals surface area contributed by atoms with E-state index in [0.717, 1.165) is 6.42 Å². The van der Waals surface area contributed by atoms with E-state index in [-0.39, 0.29) is 5.56 Å². The van der Waals surface area contributed by atoms with Gasteiger partial charge >= 0.3 is 5.97 Å². The largest absolute Gasteiger partial charge is 0.477 e. The highest BCUT2D eigenvalue weighted by Crippen LogP contribution is 2.10. The van der Waals surface area contributed by atoms with Crippen LogP contribution in [0.1, 0.15) is 27.0 Å². The van der Waals surface area contributed by atoms with Crippen LogP contribution < -0.4 is 5.43 Å². The average molecular weight is 257 g/mol. The summed E-state index contributed by atoms with van der Waals surface area (Å²) in [4.78, 5) is 25.5. The van der Waals surface area contributed by atoms with E-state index in [4.69, 9.17) is 5.11 Å². The van der Waals surface area contributed by atoms with Crippen molar-refractivity contribution in [3.05, 3.63) is 69.1 Å². The number of carboxylic acid groups (broad SMARTS) is 1. The summed E-state index contributed by atoms with van der Waals surface area (Å²) < 4.78 is 0. The van der Waals surface area contributed by atoms with Crippen molar-refractivity contribution in [3.8, 4) is 0 Å². The predicted molar refractivity (Wildman–Crippen MR) is 72.6 cm³/mol. The maximum Gasteiger partial charge on any atom is 0.341 e. The molecule has 0 saturated heterocycles. The molecule has 4 nitrogen and oxygen atoms in total. The second-order valence-electron chi connectivity index (χ2n) is 4.46. The molecule has 1 aromatic carbocycles. The van der Waals surface area contributed by atoms with Crippen molar-refractivity contribution in [1.82, 2.24) is 4.98 Å². The molecule has 0 aliphatic heterocycles. The molecule has 4 heteroatoms. The van der Waals surface area contributed by atoms with Crippen molar-refractivity contribution in [3.63, 3.8) is 0 Å². The Bertz CT molecular complexity index is 658. The summed E-state index contributed by atoms with van der Waals surface area (Å²) in [6.45, 7) is 2.02. The predicted octanol–water partition coefficient (Wildman–Crippen LogP) is 2.17. The molecule has 0 aliphatic rings. The van der Waals surface area contributed by atoms with Crippen molar-refractivity contribution < 1.29 is 9.90 Å². The third-order valence-electron chi connectivity index (χ3n) is 3.18. The maximum absolute atomic E-state index is 11.9. The van der Waals surface area contributed by atoms with Crippen molar-refractivity contribution >= 4 is 5.97 Å². The zero-order chi connectivity index (χ0) is 13.8. The molecule has 98 valence electrons. The third-order valence-corrected chi connectivity index (χ3v) is 3.18. The standard InChI is InChI=1S/C15H15NO3/c1-10-4-2-3-5-11(10)6-7-12-8-16-9-13(14(12)17)15(18)19/h2-5,8-9H,6-7H2,1H3,(H,16,17)(H,18,19). The number of pyridine rings is 1. The van der Waals surface area contributed by atoms with E-state index >= 15 is 0 Å². The van der Waals surface area contributed by atoms with Gasteiger partial charge < -0.3 is 10.1 Å². The Morgan fingerprint density at radius 2 is 1.84 bits per heavy atom. The fourth-order valence-corrected chi connectivity index (χ4v) is 2.03. The number of aromatic nitrogens is 1. The van der Waals surface area contributed by atoms with Crippen LogP contribution in [-0.2, 0) is 12.8 Å². The topological polar surface area (TPSA) is 70.2 Å². The number of aromatic amines is 1. The van der Waals surface area contributed by atoms with E-state index < -0.39 is 11.4 Å². The van der Waals surface area contributed by atoms with Gasteiger partial charge in [0, 0.05) is 18.0 Å². The summed E-state index contributed by atoms with van der Waals surface area (Å²) in [6, 6.07) is 7.97. The molecule has 0 aliphatic carbocycles. The van der Waals surface area contributed by atoms with Gasteiger partial charge in [-0.2, -0.15) is 0 Å². The van der Waals surface area contributed by atoms with Gasteiger partial charge in [-0.15, -0.1) is 0 Å². The first-order valence-corrected chi connectivity index (χ1v) is 6.07. The summed E-state index contributed by atoms with van der Waals surface area (Å²) in [5.74, 6) is -1.20. The SMILES string of the molecule is Cc1ccccc1CCc1c[nH]cc(C(=O)O)c1=O. The number of nitrogens with one attached hydrogen (secondary N) is 1. The molecule has 0 bridgehead atoms. The van der Waals surface area contributed by atoms with Crippen molar-refractivity contribution in [2.24, 2.45) is 0 Å². The Morgan fingerprint density at radius 1 is 1.16 bits per heavy atom. The lowest BCUT2D eigenvalue weighted by molar-refractivity contribution is 0.0695. The highest BCUT2D eigenvalue weighted by Gasteiger charge is 2.11. The van der Waals surface area contributed by atoms with Gasteiger partial charge in [-0.1, -0.05) is 24.3 Å². The minimum atomic E-state index is -1.20. The highest BCUT2D eigenvalue weighted by molar-refractivity contribution is 5.87. The first-order chi connectivity index (χ1) is 9.09. The van der Waals surface area contributed by atoms with Gasteiger partial charge in [-0.3, -0.25) is 4.79 Å². The number of benzene rings is 1. The summed E-state index contributed by atoms with van der Waals surface area (Å²) >= 11 is 0. The third kappa shape index (κ3) is 2.91. The minimum absolute atomic E-state index is 0.206. The average Bonchev–Trinajstić information content (AvgIpc) is 2.39. The van der Waals surface area contributed by atoms with E-state index in [1.807, 2.05) is 31.2 Å². The van der Waals surface area contributed by atoms with E-state index in [2.05, 4.69) is 4.98 Å². The van der Waals surface area contributed by atoms with Gasteiger partial charge in [-0.25, -0.2) is 4.79 Å². The lowest BCUT2D eigenvalue weighted by Crippen LogP contribution is -2.19. The van der Waals surface area contributed by atoms with Gasteiger partial charge in [-0.05, 0) is 30.9 Å². The quantitative estimate of drug-likeness (QED) is 0.881. The molecule has 2 N–H and O–H groups in total. The van der Waals surface area contributed by atoms with E-state index in [0.29, 0.717) is 12.0 Å². The van der Waals surface area contributed by atoms with Crippen molar-refractivity contribution in [1.29, 1.82) is 0 Å². The molecule has 0 unspecified atom stereocenters. The number of rotatable bonds is 4. The van der Waals surface area contributed by atoms with Gasteiger partial charge in [0.1, 0.15) is 5.56 Å². The van der Waals surface area contributed by atoms with Gasteiger partial charge in [0.15, 0.2) is 5.43 Å². The van der Waals surface area contributed by atoms with Crippen molar-refractivity contribution in [2.45, 2.75) is 19.8 Å². The number of hydrogen-bond donors (Lipinski definition) is 2. The monoisotopic (exact) mass is 257 g/mol. The molecule has 0 saturated carbocycles. The number of aryl methyl sites for hydroxylation is 3. The lowest BCUT2D eigenvalue weighted by Gasteiger charge is -2.05. The molecule has 1 heterocycles. The smallest absolute Gasteiger partial charge is 0.341 e. The van der Waals surface area contributed by atoms with E-state index in [9.17, 15) is 9.59 Å². The summed E-state index contributed by atoms with van der Waals surface area (Å²) in [6.07, 6.45) is 4.05. The van der Waals surface area contributed by atoms with E-state index in [1.54, 1.807) is 6.20 Å². The van der Waals surface area contributed by atoms with Crippen LogP contribution >= 0.6 is 0 Å². The Morgan fingerprint density at radius 3 is 2.53 bits per heavy atom. The molecule has 0 spiro atoms. The van der Waals surface area contributed by atoms with Crippen LogP contribution in [0.3, 0.4) is 0 Å². The molecular weight excluding hydrogens is 242 g/mol. The van der Waals surface area contributed by atoms with Crippen LogP contribution in [0.2, 0.25) is 0 Å². The van der Waals surface area contributed by atoms with Crippen LogP contribution in [0, 0.1) is 6.92 Å². The highest BCUT2D eigenvalue weighted by atomic mass is 16.4. The molecule has 1 aromatic heterocycles. The fourth-order valence-electron chi connectivity index (χ4n) is 2.03. The summed E-state index contributed by atoms with van der Waals surface area (Å²) in [5.41, 5.74) is 2.24. The molecule has 2 aromatic rings. The molecule has 0 amide bonds. The molecule has 0 radical (unpaired) electrons. The maximum atomic E-state index is 11.9. The minimum Gasteiger partial charge on any atom is -0.477 e. The van der Waals surface area contributed by atoms with Crippen LogP contribution in [0.4, 0.5) is 0 Å². The second-order valence-corrected chi connectivity index (χ2v) is 4.46. The van der Waals surface area contributed by atoms with Crippen LogP contribution in [-0.4, -0.2) is 16.1 Å². The first kappa shape index (κ1) is 13.1. The van der Waals surface area contributed by atoms with Gasteiger partial charge in [0.05, 0.1) is 0 Å². The zero-order valence-corrected chi connectivity index (χ0v) is 10.6. The number of aromatic carboxylic acids is 1. The number of hydrogen-bond acceptors (Lipinski definition) is 2. The van der Waals surface area contributed by atoms with Crippen LogP contribution in [0.5, 0.6) is 0 Å². The van der Waals surface area contributed by atoms with E-state index in [1.165, 1.54) is 17.3 Å². The number of H-pyrrole nitrogens is 1. The van der Waals surface area contributed by atoms with Crippen LogP contribution in [0.25, 0.3) is 0 Å². The fraction of sp³-hybridized carbons (Fsp3) is 0.200. The molecule has 0 fully saturated rings. The Balaban J connectivity index is 2.21. The first-order valence-electron chi connectivity index (χ1n) is 6.07. The molecule has 19 heavy (non-hydrogen) atoms. The lowest BCUT2D eigenvalue weighted by atomic mass is 10.0. The second kappa shape index (κ2) is 5.52. The molecule has 2 rings (SSSR count). The summed E-state index contributed by atoms with van der Waals surface area (Å²) in [7, 11) is 0. The molecule has 0 atom stereocenters. The van der Waals surface area contributed by atoms with Crippen LogP contribution in [0.15, 0.2) is 41.5 Å². The Labute approximate surface area is 110 Å². The number of carbonyl (C=O) groups is 1. The molecular formula is C15H15NO3. The Hall–Kier alpha value is -2.36. The number of carboxylic acids is 1. The zero-order valence-electron chi connectivity index (χ0n) is 10.6. The summed E-state index contributed by atoms with van der Waals surface area (Å²) in [5, 5.41) is 8.90. The normalized spacial score (nSPS) is 10.4. The van der Waals surface area contributed by atoms with Gasteiger partial charge in [0.2, 0.25) is 0 Å². The van der Waals surface area contributed by atoms with Crippen molar-refractivity contribution in [2.75, 3.05) is 0 Å². The van der Waals surface area contributed by atoms with Gasteiger partial charge in [0.25, 0.3) is 0 Å². The Kier molecular flexibility index (Phi) is 3.80.